The average molecular weight is 475 g/mol. The number of hydrogen-bond acceptors (Lipinski definition) is 5. The van der Waals surface area contributed by atoms with Gasteiger partial charge in [-0.25, -0.2) is 0 Å². The lowest BCUT2D eigenvalue weighted by Crippen LogP contribution is -2.51. The summed E-state index contributed by atoms with van der Waals surface area (Å²) in [4.78, 5) is 40.3. The second-order valence-electron chi connectivity index (χ2n) is 7.53. The van der Waals surface area contributed by atoms with Crippen molar-refractivity contribution in [3.05, 3.63) is 59.1 Å². The molecule has 3 amide bonds. The number of carbonyl (C=O) groups is 3. The van der Waals surface area contributed by atoms with Crippen LogP contribution in [0.15, 0.2) is 48.5 Å². The minimum Gasteiger partial charge on any atom is -0.368 e. The third-order valence-electron chi connectivity index (χ3n) is 5.04. The molecule has 2 aromatic rings. The SMILES string of the molecule is Cc1ccc(NC(=O)CSCC(=O)NCC(=O)N2CCN(c3cccc(Cl)c3)CC2)cc1. The van der Waals surface area contributed by atoms with E-state index >= 15 is 0 Å². The van der Waals surface area contributed by atoms with Crippen molar-refractivity contribution in [2.75, 3.05) is 54.4 Å². The number of benzene rings is 2. The molecule has 1 heterocycles. The maximum absolute atomic E-state index is 12.4. The molecular weight excluding hydrogens is 448 g/mol. The number of amides is 3. The summed E-state index contributed by atoms with van der Waals surface area (Å²) in [7, 11) is 0. The first-order valence-corrected chi connectivity index (χ1v) is 11.9. The van der Waals surface area contributed by atoms with Gasteiger partial charge in [-0.05, 0) is 37.3 Å². The van der Waals surface area contributed by atoms with Crippen molar-refractivity contribution < 1.29 is 14.4 Å². The number of hydrogen-bond donors (Lipinski definition) is 2. The highest BCUT2D eigenvalue weighted by Gasteiger charge is 2.21. The van der Waals surface area contributed by atoms with E-state index in [0.717, 1.165) is 16.9 Å². The van der Waals surface area contributed by atoms with Gasteiger partial charge >= 0.3 is 0 Å². The van der Waals surface area contributed by atoms with Gasteiger partial charge in [-0.3, -0.25) is 14.4 Å². The predicted octanol–water partition coefficient (Wildman–Crippen LogP) is 2.79. The van der Waals surface area contributed by atoms with Crippen LogP contribution in [0.1, 0.15) is 5.56 Å². The lowest BCUT2D eigenvalue weighted by Gasteiger charge is -2.36. The van der Waals surface area contributed by atoms with Gasteiger partial charge in [-0.15, -0.1) is 11.8 Å². The lowest BCUT2D eigenvalue weighted by atomic mass is 10.2. The first-order chi connectivity index (χ1) is 15.4. The number of rotatable bonds is 8. The molecule has 0 aliphatic carbocycles. The number of piperazine rings is 1. The Bertz CT molecular complexity index is 947. The fourth-order valence-corrected chi connectivity index (χ4v) is 4.13. The topological polar surface area (TPSA) is 81.8 Å². The van der Waals surface area contributed by atoms with Crippen LogP contribution in [0.3, 0.4) is 0 Å². The Kier molecular flexibility index (Phi) is 8.81. The molecule has 1 aliphatic rings. The minimum atomic E-state index is -0.260. The van der Waals surface area contributed by atoms with E-state index in [0.29, 0.717) is 31.2 Å². The van der Waals surface area contributed by atoms with Crippen LogP contribution in [0.5, 0.6) is 0 Å². The summed E-state index contributed by atoms with van der Waals surface area (Å²) in [6, 6.07) is 15.2. The highest BCUT2D eigenvalue weighted by atomic mass is 35.5. The summed E-state index contributed by atoms with van der Waals surface area (Å²) < 4.78 is 0. The Balaban J connectivity index is 1.30. The van der Waals surface area contributed by atoms with Crippen LogP contribution in [0.2, 0.25) is 5.02 Å². The number of thioether (sulfide) groups is 1. The van der Waals surface area contributed by atoms with Crippen molar-refractivity contribution in [1.29, 1.82) is 0 Å². The summed E-state index contributed by atoms with van der Waals surface area (Å²) >= 11 is 7.27. The summed E-state index contributed by atoms with van der Waals surface area (Å²) in [5.41, 5.74) is 2.89. The van der Waals surface area contributed by atoms with Gasteiger partial charge in [0, 0.05) is 42.6 Å². The lowest BCUT2D eigenvalue weighted by molar-refractivity contribution is -0.132. The van der Waals surface area contributed by atoms with Gasteiger partial charge in [0.2, 0.25) is 17.7 Å². The highest BCUT2D eigenvalue weighted by molar-refractivity contribution is 8.00. The monoisotopic (exact) mass is 474 g/mol. The van der Waals surface area contributed by atoms with E-state index in [4.69, 9.17) is 11.6 Å². The molecule has 1 saturated heterocycles. The molecule has 0 aromatic heterocycles. The van der Waals surface area contributed by atoms with Crippen LogP contribution in [-0.2, 0) is 14.4 Å². The maximum atomic E-state index is 12.4. The number of nitrogens with one attached hydrogen (secondary N) is 2. The Morgan fingerprint density at radius 2 is 1.66 bits per heavy atom. The van der Waals surface area contributed by atoms with Gasteiger partial charge in [0.15, 0.2) is 0 Å². The Morgan fingerprint density at radius 1 is 0.969 bits per heavy atom. The number of halogens is 1. The van der Waals surface area contributed by atoms with E-state index in [1.807, 2.05) is 55.5 Å². The molecule has 2 aromatic carbocycles. The van der Waals surface area contributed by atoms with E-state index in [1.54, 1.807) is 4.90 Å². The molecule has 7 nitrogen and oxygen atoms in total. The quantitative estimate of drug-likeness (QED) is 0.614. The van der Waals surface area contributed by atoms with E-state index in [-0.39, 0.29) is 35.8 Å². The molecule has 0 bridgehead atoms. The number of aryl methyl sites for hydroxylation is 1. The largest absolute Gasteiger partial charge is 0.368 e. The molecule has 0 spiro atoms. The summed E-state index contributed by atoms with van der Waals surface area (Å²) in [6.07, 6.45) is 0. The van der Waals surface area contributed by atoms with E-state index < -0.39 is 0 Å². The van der Waals surface area contributed by atoms with Crippen LogP contribution in [0.25, 0.3) is 0 Å². The Labute approximate surface area is 197 Å². The Morgan fingerprint density at radius 3 is 2.34 bits per heavy atom. The molecule has 0 unspecified atom stereocenters. The maximum Gasteiger partial charge on any atom is 0.242 e. The van der Waals surface area contributed by atoms with Crippen molar-refractivity contribution >= 4 is 52.5 Å². The smallest absolute Gasteiger partial charge is 0.242 e. The fraction of sp³-hybridized carbons (Fsp3) is 0.348. The van der Waals surface area contributed by atoms with Crippen LogP contribution in [0.4, 0.5) is 11.4 Å². The molecule has 1 aliphatic heterocycles. The van der Waals surface area contributed by atoms with Crippen molar-refractivity contribution in [2.24, 2.45) is 0 Å². The van der Waals surface area contributed by atoms with E-state index in [9.17, 15) is 14.4 Å². The third-order valence-corrected chi connectivity index (χ3v) is 6.21. The summed E-state index contributed by atoms with van der Waals surface area (Å²) in [5.74, 6) is -0.242. The van der Waals surface area contributed by atoms with Crippen LogP contribution in [-0.4, -0.2) is 66.9 Å². The zero-order valence-corrected chi connectivity index (χ0v) is 19.5. The molecule has 32 heavy (non-hydrogen) atoms. The first kappa shape index (κ1) is 23.9. The van der Waals surface area contributed by atoms with Crippen molar-refractivity contribution in [3.8, 4) is 0 Å². The highest BCUT2D eigenvalue weighted by Crippen LogP contribution is 2.20. The fourth-order valence-electron chi connectivity index (χ4n) is 3.29. The normalized spacial score (nSPS) is 13.6. The molecule has 0 atom stereocenters. The number of anilines is 2. The van der Waals surface area contributed by atoms with Crippen LogP contribution >= 0.6 is 23.4 Å². The standard InChI is InChI=1S/C23H27ClN4O3S/c1-17-5-7-19(8-6-17)26-22(30)16-32-15-21(29)25-14-23(31)28-11-9-27(10-12-28)20-4-2-3-18(24)13-20/h2-8,13H,9-12,14-16H2,1H3,(H,25,29)(H,26,30). The molecule has 3 rings (SSSR count). The first-order valence-electron chi connectivity index (χ1n) is 10.4. The molecule has 9 heteroatoms. The van der Waals surface area contributed by atoms with Crippen LogP contribution in [0, 0.1) is 6.92 Å². The molecule has 170 valence electrons. The minimum absolute atomic E-state index is 0.0356. The summed E-state index contributed by atoms with van der Waals surface area (Å²) in [5, 5.41) is 6.13. The zero-order valence-electron chi connectivity index (χ0n) is 18.0. The van der Waals surface area contributed by atoms with Gasteiger partial charge < -0.3 is 20.4 Å². The second-order valence-corrected chi connectivity index (χ2v) is 8.95. The second kappa shape index (κ2) is 11.8. The van der Waals surface area contributed by atoms with E-state index in [1.165, 1.54) is 11.8 Å². The number of nitrogens with zero attached hydrogens (tertiary/aromatic N) is 2. The van der Waals surface area contributed by atoms with E-state index in [2.05, 4.69) is 15.5 Å². The molecular formula is C23H27ClN4O3S. The van der Waals surface area contributed by atoms with Gasteiger partial charge in [-0.1, -0.05) is 35.4 Å². The average Bonchev–Trinajstić information content (AvgIpc) is 2.79. The predicted molar refractivity (Wildman–Crippen MR) is 130 cm³/mol. The molecule has 0 radical (unpaired) electrons. The van der Waals surface area contributed by atoms with Gasteiger partial charge in [-0.2, -0.15) is 0 Å². The molecule has 2 N–H and O–H groups in total. The van der Waals surface area contributed by atoms with Gasteiger partial charge in [0.1, 0.15) is 0 Å². The number of carbonyl (C=O) groups excluding carboxylic acids is 3. The zero-order chi connectivity index (χ0) is 22.9. The van der Waals surface area contributed by atoms with Crippen molar-refractivity contribution in [3.63, 3.8) is 0 Å². The summed E-state index contributed by atoms with van der Waals surface area (Å²) in [6.45, 7) is 4.56. The van der Waals surface area contributed by atoms with Gasteiger partial charge in [0.25, 0.3) is 0 Å². The van der Waals surface area contributed by atoms with Crippen LogP contribution < -0.4 is 15.5 Å². The third kappa shape index (κ3) is 7.46. The van der Waals surface area contributed by atoms with Crippen molar-refractivity contribution in [2.45, 2.75) is 6.92 Å². The van der Waals surface area contributed by atoms with Crippen molar-refractivity contribution in [1.82, 2.24) is 10.2 Å². The van der Waals surface area contributed by atoms with Gasteiger partial charge in [0.05, 0.1) is 18.1 Å². The molecule has 0 saturated carbocycles. The molecule has 1 fully saturated rings. The Hall–Kier alpha value is -2.71.